The zero-order chi connectivity index (χ0) is 20.5. The van der Waals surface area contributed by atoms with Crippen LogP contribution in [0, 0.1) is 0 Å². The first-order valence-corrected chi connectivity index (χ1v) is 9.69. The van der Waals surface area contributed by atoms with Gasteiger partial charge in [0.2, 0.25) is 0 Å². The maximum atomic E-state index is 11.5. The summed E-state index contributed by atoms with van der Waals surface area (Å²) in [5.41, 5.74) is 2.75. The summed E-state index contributed by atoms with van der Waals surface area (Å²) in [6.07, 6.45) is 13.6. The van der Waals surface area contributed by atoms with E-state index in [1.54, 1.807) is 12.5 Å². The molecule has 6 nitrogen and oxygen atoms in total. The van der Waals surface area contributed by atoms with Gasteiger partial charge in [-0.25, -0.2) is 4.98 Å². The highest BCUT2D eigenvalue weighted by molar-refractivity contribution is 7.20. The predicted molar refractivity (Wildman–Crippen MR) is 118 cm³/mol. The Bertz CT molecular complexity index is 926. The number of carbonyl (C=O) groups excluding carboxylic acids is 1. The van der Waals surface area contributed by atoms with Gasteiger partial charge in [0.15, 0.2) is 6.29 Å². The summed E-state index contributed by atoms with van der Waals surface area (Å²) in [7, 11) is 5.82. The fraction of sp³-hybridized carbons (Fsp3) is 0.286. The number of carbonyl (C=O) groups is 1. The van der Waals surface area contributed by atoms with E-state index in [1.165, 1.54) is 11.3 Å². The number of aliphatic imine (C=N–C) groups is 1. The largest absolute Gasteiger partial charge is 0.392 e. The van der Waals surface area contributed by atoms with Crippen LogP contribution in [0.1, 0.15) is 22.2 Å². The van der Waals surface area contributed by atoms with Gasteiger partial charge in [-0.15, -0.1) is 11.3 Å². The van der Waals surface area contributed by atoms with Crippen LogP contribution >= 0.6 is 11.3 Å². The highest BCUT2D eigenvalue weighted by atomic mass is 32.1. The Morgan fingerprint density at radius 1 is 1.36 bits per heavy atom. The van der Waals surface area contributed by atoms with Crippen LogP contribution in [-0.2, 0) is 6.54 Å². The minimum Gasteiger partial charge on any atom is -0.392 e. The van der Waals surface area contributed by atoms with Crippen LogP contribution in [0.15, 0.2) is 53.3 Å². The molecule has 2 heterocycles. The number of nitrogens with zero attached hydrogens (tertiary/aromatic N) is 4. The first-order valence-electron chi connectivity index (χ1n) is 8.87. The third-order valence-electron chi connectivity index (χ3n) is 4.00. The molecule has 28 heavy (non-hydrogen) atoms. The predicted octanol–water partition coefficient (Wildman–Crippen LogP) is 3.64. The Morgan fingerprint density at radius 3 is 2.79 bits per heavy atom. The van der Waals surface area contributed by atoms with E-state index in [0.717, 1.165) is 33.3 Å². The molecule has 0 unspecified atom stereocenters. The molecule has 148 valence electrons. The third kappa shape index (κ3) is 5.37. The standard InChI is InChI=1S/C21H26N4O2S/c1-5-7-16(13-26)8-6-11-25(4)15-22-12-17-19(14-27)28-21-20(17)18(24(2)3)9-10-23-21/h5-11,14-15,26H,12-13H2,1-4H3/b7-5-,11-6+,16-8+,22-15?. The molecule has 0 bridgehead atoms. The minimum absolute atomic E-state index is 0.00553. The lowest BCUT2D eigenvalue weighted by molar-refractivity contribution is 0.112. The molecule has 2 aromatic heterocycles. The van der Waals surface area contributed by atoms with Crippen LogP contribution in [-0.4, -0.2) is 55.4 Å². The van der Waals surface area contributed by atoms with Gasteiger partial charge in [-0.3, -0.25) is 9.79 Å². The smallest absolute Gasteiger partial charge is 0.160 e. The molecule has 0 aromatic carbocycles. The van der Waals surface area contributed by atoms with Crippen LogP contribution in [0.25, 0.3) is 10.2 Å². The number of aldehydes is 1. The van der Waals surface area contributed by atoms with Crippen LogP contribution in [0.5, 0.6) is 0 Å². The molecule has 0 fully saturated rings. The van der Waals surface area contributed by atoms with Crippen LogP contribution in [0.3, 0.4) is 0 Å². The number of aliphatic hydroxyl groups is 1. The molecule has 2 rings (SSSR count). The van der Waals surface area contributed by atoms with Gasteiger partial charge in [0, 0.05) is 50.2 Å². The second-order valence-electron chi connectivity index (χ2n) is 6.33. The van der Waals surface area contributed by atoms with Gasteiger partial charge in [-0.1, -0.05) is 18.2 Å². The second-order valence-corrected chi connectivity index (χ2v) is 7.36. The van der Waals surface area contributed by atoms with E-state index < -0.39 is 0 Å². The van der Waals surface area contributed by atoms with Crippen LogP contribution in [0.2, 0.25) is 0 Å². The summed E-state index contributed by atoms with van der Waals surface area (Å²) in [6, 6.07) is 1.95. The number of pyridine rings is 1. The molecule has 0 aliphatic rings. The van der Waals surface area contributed by atoms with Gasteiger partial charge in [0.1, 0.15) is 4.83 Å². The summed E-state index contributed by atoms with van der Waals surface area (Å²) in [4.78, 5) is 25.8. The number of hydrogen-bond acceptors (Lipinski definition) is 6. The minimum atomic E-state index is -0.00553. The first kappa shape index (κ1) is 21.5. The fourth-order valence-electron chi connectivity index (χ4n) is 2.68. The summed E-state index contributed by atoms with van der Waals surface area (Å²) in [5.74, 6) is 0. The molecule has 0 amide bonds. The summed E-state index contributed by atoms with van der Waals surface area (Å²) < 4.78 is 0. The van der Waals surface area contributed by atoms with Crippen LogP contribution < -0.4 is 4.90 Å². The molecular weight excluding hydrogens is 372 g/mol. The topological polar surface area (TPSA) is 69.0 Å². The molecule has 0 saturated carbocycles. The lowest BCUT2D eigenvalue weighted by atomic mass is 10.1. The lowest BCUT2D eigenvalue weighted by Gasteiger charge is -2.14. The Morgan fingerprint density at radius 2 is 2.14 bits per heavy atom. The van der Waals surface area contributed by atoms with Gasteiger partial charge in [-0.2, -0.15) is 0 Å². The number of aromatic nitrogens is 1. The number of hydrogen-bond donors (Lipinski definition) is 1. The number of aliphatic hydroxyl groups excluding tert-OH is 1. The Hall–Kier alpha value is -2.77. The molecule has 0 radical (unpaired) electrons. The number of fused-ring (bicyclic) bond motifs is 1. The Labute approximate surface area is 169 Å². The van der Waals surface area contributed by atoms with Crippen molar-refractivity contribution in [3.63, 3.8) is 0 Å². The summed E-state index contributed by atoms with van der Waals surface area (Å²) in [5, 5.41) is 10.2. The lowest BCUT2D eigenvalue weighted by Crippen LogP contribution is -2.10. The van der Waals surface area contributed by atoms with Gasteiger partial charge in [0.05, 0.1) is 24.4 Å². The van der Waals surface area contributed by atoms with Crippen molar-refractivity contribution in [2.45, 2.75) is 13.5 Å². The van der Waals surface area contributed by atoms with E-state index in [1.807, 2.05) is 74.4 Å². The van der Waals surface area contributed by atoms with Crippen molar-refractivity contribution >= 4 is 39.9 Å². The maximum absolute atomic E-state index is 11.5. The van der Waals surface area contributed by atoms with Crippen molar-refractivity contribution in [3.8, 4) is 0 Å². The normalized spacial score (nSPS) is 12.7. The molecule has 0 saturated heterocycles. The average Bonchev–Trinajstić information content (AvgIpc) is 3.05. The van der Waals surface area contributed by atoms with Crippen LogP contribution in [0.4, 0.5) is 5.69 Å². The summed E-state index contributed by atoms with van der Waals surface area (Å²) in [6.45, 7) is 2.30. The van der Waals surface area contributed by atoms with Gasteiger partial charge in [-0.05, 0) is 24.6 Å². The number of anilines is 1. The van der Waals surface area contributed by atoms with Crippen molar-refractivity contribution in [1.82, 2.24) is 9.88 Å². The molecule has 1 N–H and O–H groups in total. The first-order chi connectivity index (χ1) is 13.5. The second kappa shape index (κ2) is 10.5. The average molecular weight is 399 g/mol. The van der Waals surface area contributed by atoms with E-state index in [-0.39, 0.29) is 6.61 Å². The van der Waals surface area contributed by atoms with E-state index >= 15 is 0 Å². The third-order valence-corrected chi connectivity index (χ3v) is 5.06. The van der Waals surface area contributed by atoms with Crippen molar-refractivity contribution < 1.29 is 9.90 Å². The van der Waals surface area contributed by atoms with Crippen molar-refractivity contribution in [3.05, 3.63) is 58.8 Å². The molecule has 0 atom stereocenters. The Kier molecular flexibility index (Phi) is 8.10. The zero-order valence-electron chi connectivity index (χ0n) is 16.7. The molecule has 0 aliphatic heterocycles. The molecule has 2 aromatic rings. The van der Waals surface area contributed by atoms with Crippen molar-refractivity contribution in [2.24, 2.45) is 4.99 Å². The van der Waals surface area contributed by atoms with Crippen molar-refractivity contribution in [1.29, 1.82) is 0 Å². The van der Waals surface area contributed by atoms with Gasteiger partial charge in [0.25, 0.3) is 0 Å². The number of thiophene rings is 1. The zero-order valence-corrected chi connectivity index (χ0v) is 17.5. The Balaban J connectivity index is 2.19. The molecular formula is C21H26N4O2S. The fourth-order valence-corrected chi connectivity index (χ4v) is 3.67. The molecule has 0 spiro atoms. The molecule has 0 aliphatic carbocycles. The highest BCUT2D eigenvalue weighted by Gasteiger charge is 2.16. The van der Waals surface area contributed by atoms with E-state index in [0.29, 0.717) is 11.4 Å². The quantitative estimate of drug-likeness (QED) is 0.302. The molecule has 7 heteroatoms. The van der Waals surface area contributed by atoms with E-state index in [2.05, 4.69) is 9.98 Å². The number of allylic oxidation sites excluding steroid dienone is 3. The van der Waals surface area contributed by atoms with Gasteiger partial charge >= 0.3 is 0 Å². The summed E-state index contributed by atoms with van der Waals surface area (Å²) >= 11 is 1.39. The monoisotopic (exact) mass is 398 g/mol. The van der Waals surface area contributed by atoms with E-state index in [9.17, 15) is 9.90 Å². The highest BCUT2D eigenvalue weighted by Crippen LogP contribution is 2.35. The maximum Gasteiger partial charge on any atom is 0.160 e. The van der Waals surface area contributed by atoms with E-state index in [4.69, 9.17) is 0 Å². The number of rotatable bonds is 9. The van der Waals surface area contributed by atoms with Crippen molar-refractivity contribution in [2.75, 3.05) is 32.6 Å². The SMILES string of the molecule is C\C=C/C(=C\C=C\N(C)C=NCc1c(C=O)sc2nccc(N(C)C)c12)CO. The van der Waals surface area contributed by atoms with Gasteiger partial charge < -0.3 is 14.9 Å².